The Balaban J connectivity index is 3.19. The first-order valence-corrected chi connectivity index (χ1v) is 4.44. The van der Waals surface area contributed by atoms with E-state index in [0.717, 1.165) is 16.5 Å². The maximum Gasteiger partial charge on any atom is 0.131 e. The van der Waals surface area contributed by atoms with Crippen molar-refractivity contribution < 1.29 is 4.79 Å². The highest BCUT2D eigenvalue weighted by molar-refractivity contribution is 9.10. The summed E-state index contributed by atoms with van der Waals surface area (Å²) in [5.74, 6) is 0. The summed E-state index contributed by atoms with van der Waals surface area (Å²) >= 11 is 3.35. The molecule has 1 heterocycles. The van der Waals surface area contributed by atoms with E-state index in [-0.39, 0.29) is 0 Å². The van der Waals surface area contributed by atoms with Gasteiger partial charge in [-0.15, -0.1) is 0 Å². The predicted octanol–water partition coefficient (Wildman–Crippen LogP) is 2.32. The number of aldehydes is 1. The van der Waals surface area contributed by atoms with Crippen molar-refractivity contribution in [3.63, 3.8) is 0 Å². The van der Waals surface area contributed by atoms with Crippen molar-refractivity contribution in [3.8, 4) is 0 Å². The van der Waals surface area contributed by atoms with Gasteiger partial charge in [0.25, 0.3) is 0 Å². The largest absolute Gasteiger partial charge is 0.302 e. The topological polar surface area (TPSA) is 30.0 Å². The lowest BCUT2D eigenvalue weighted by Crippen LogP contribution is -2.20. The number of hydrogen-bond acceptors (Lipinski definition) is 2. The Bertz CT molecular complexity index is 296. The van der Waals surface area contributed by atoms with Gasteiger partial charge in [0.15, 0.2) is 0 Å². The van der Waals surface area contributed by atoms with Gasteiger partial charge in [-0.2, -0.15) is 0 Å². The minimum Gasteiger partial charge on any atom is -0.302 e. The molecule has 1 aromatic heterocycles. The molecule has 1 aromatic rings. The van der Waals surface area contributed by atoms with Crippen LogP contribution in [0.2, 0.25) is 0 Å². The van der Waals surface area contributed by atoms with E-state index >= 15 is 0 Å². The third-order valence-electron chi connectivity index (χ3n) is 1.66. The number of nitrogens with zero attached hydrogens (tertiary/aromatic N) is 1. The second kappa shape index (κ2) is 3.35. The average Bonchev–Trinajstić information content (AvgIpc) is 2.05. The fraction of sp³-hybridized carbons (Fsp3) is 0.333. The highest BCUT2D eigenvalue weighted by atomic mass is 79.9. The van der Waals surface area contributed by atoms with Gasteiger partial charge in [-0.05, 0) is 41.9 Å². The van der Waals surface area contributed by atoms with Crippen molar-refractivity contribution in [1.82, 2.24) is 4.98 Å². The van der Waals surface area contributed by atoms with E-state index in [4.69, 9.17) is 0 Å². The number of aromatic nitrogens is 1. The van der Waals surface area contributed by atoms with Crippen LogP contribution in [0.1, 0.15) is 19.5 Å². The third kappa shape index (κ3) is 1.72. The minimum atomic E-state index is -0.514. The lowest BCUT2D eigenvalue weighted by molar-refractivity contribution is -0.111. The van der Waals surface area contributed by atoms with Gasteiger partial charge in [-0.1, -0.05) is 0 Å². The second-order valence-electron chi connectivity index (χ2n) is 3.17. The monoisotopic (exact) mass is 227 g/mol. The Hall–Kier alpha value is -0.700. The summed E-state index contributed by atoms with van der Waals surface area (Å²) in [6.07, 6.45) is 2.59. The van der Waals surface area contributed by atoms with Crippen molar-refractivity contribution in [3.05, 3.63) is 28.5 Å². The molecule has 0 aliphatic carbocycles. The Morgan fingerprint density at radius 3 is 2.75 bits per heavy atom. The van der Waals surface area contributed by atoms with Crippen LogP contribution in [0.15, 0.2) is 22.8 Å². The molecule has 12 heavy (non-hydrogen) atoms. The first kappa shape index (κ1) is 9.39. The zero-order valence-electron chi connectivity index (χ0n) is 7.04. The summed E-state index contributed by atoms with van der Waals surface area (Å²) in [5, 5.41) is 0. The van der Waals surface area contributed by atoms with Crippen LogP contribution in [0, 0.1) is 0 Å². The summed E-state index contributed by atoms with van der Waals surface area (Å²) in [4.78, 5) is 14.9. The van der Waals surface area contributed by atoms with Crippen molar-refractivity contribution in [2.75, 3.05) is 0 Å². The van der Waals surface area contributed by atoms with Gasteiger partial charge in [0, 0.05) is 10.7 Å². The number of halogens is 1. The van der Waals surface area contributed by atoms with Crippen molar-refractivity contribution in [2.24, 2.45) is 0 Å². The first-order chi connectivity index (χ1) is 5.58. The van der Waals surface area contributed by atoms with E-state index in [0.29, 0.717) is 0 Å². The number of hydrogen-bond donors (Lipinski definition) is 0. The van der Waals surface area contributed by atoms with Crippen LogP contribution in [0.25, 0.3) is 0 Å². The highest BCUT2D eigenvalue weighted by Gasteiger charge is 2.23. The maximum atomic E-state index is 10.7. The minimum absolute atomic E-state index is 0.514. The van der Waals surface area contributed by atoms with Crippen molar-refractivity contribution in [1.29, 1.82) is 0 Å². The molecule has 0 N–H and O–H groups in total. The van der Waals surface area contributed by atoms with Gasteiger partial charge in [-0.25, -0.2) is 0 Å². The summed E-state index contributed by atoms with van der Waals surface area (Å²) in [7, 11) is 0. The lowest BCUT2D eigenvalue weighted by atomic mass is 9.91. The number of carbonyl (C=O) groups excluding carboxylic acids is 1. The average molecular weight is 228 g/mol. The molecule has 0 aliphatic heterocycles. The molecule has 0 unspecified atom stereocenters. The lowest BCUT2D eigenvalue weighted by Gasteiger charge is -2.16. The van der Waals surface area contributed by atoms with Crippen LogP contribution in [0.4, 0.5) is 0 Å². The van der Waals surface area contributed by atoms with Crippen LogP contribution in [-0.2, 0) is 10.2 Å². The maximum absolute atomic E-state index is 10.7. The molecule has 0 spiro atoms. The molecule has 2 nitrogen and oxygen atoms in total. The standard InChI is InChI=1S/C9H10BrNO/c1-9(2,6-12)8-7(10)4-3-5-11-8/h3-6H,1-2H3. The van der Waals surface area contributed by atoms with Crippen LogP contribution >= 0.6 is 15.9 Å². The summed E-state index contributed by atoms with van der Waals surface area (Å²) < 4.78 is 0.877. The van der Waals surface area contributed by atoms with E-state index in [1.165, 1.54) is 0 Å². The molecule has 0 saturated heterocycles. The molecule has 0 atom stereocenters. The molecule has 0 bridgehead atoms. The summed E-state index contributed by atoms with van der Waals surface area (Å²) in [6, 6.07) is 3.71. The molecule has 0 amide bonds. The van der Waals surface area contributed by atoms with Crippen LogP contribution < -0.4 is 0 Å². The first-order valence-electron chi connectivity index (χ1n) is 3.65. The zero-order chi connectivity index (χ0) is 9.19. The van der Waals surface area contributed by atoms with Crippen molar-refractivity contribution in [2.45, 2.75) is 19.3 Å². The summed E-state index contributed by atoms with van der Waals surface area (Å²) in [6.45, 7) is 3.68. The second-order valence-corrected chi connectivity index (χ2v) is 4.03. The van der Waals surface area contributed by atoms with Crippen LogP contribution in [0.3, 0.4) is 0 Å². The normalized spacial score (nSPS) is 11.2. The molecular formula is C9H10BrNO. The molecular weight excluding hydrogens is 218 g/mol. The Kier molecular flexibility index (Phi) is 2.62. The Morgan fingerprint density at radius 1 is 1.58 bits per heavy atom. The number of rotatable bonds is 2. The number of carbonyl (C=O) groups is 1. The van der Waals surface area contributed by atoms with Gasteiger partial charge in [-0.3, -0.25) is 4.98 Å². The Labute approximate surface area is 80.1 Å². The predicted molar refractivity (Wildman–Crippen MR) is 51.0 cm³/mol. The van der Waals surface area contributed by atoms with E-state index in [1.54, 1.807) is 6.20 Å². The molecule has 0 aromatic carbocycles. The highest BCUT2D eigenvalue weighted by Crippen LogP contribution is 2.25. The van der Waals surface area contributed by atoms with E-state index in [9.17, 15) is 4.79 Å². The molecule has 0 saturated carbocycles. The number of pyridine rings is 1. The van der Waals surface area contributed by atoms with Crippen LogP contribution in [-0.4, -0.2) is 11.3 Å². The van der Waals surface area contributed by atoms with Gasteiger partial charge in [0.2, 0.25) is 0 Å². The van der Waals surface area contributed by atoms with E-state index in [1.807, 2.05) is 26.0 Å². The SMILES string of the molecule is CC(C)(C=O)c1ncccc1Br. The fourth-order valence-corrected chi connectivity index (χ4v) is 1.68. The van der Waals surface area contributed by atoms with E-state index < -0.39 is 5.41 Å². The van der Waals surface area contributed by atoms with Gasteiger partial charge in [0.1, 0.15) is 6.29 Å². The van der Waals surface area contributed by atoms with Crippen LogP contribution in [0.5, 0.6) is 0 Å². The molecule has 1 rings (SSSR count). The molecule has 3 heteroatoms. The fourth-order valence-electron chi connectivity index (χ4n) is 0.916. The molecule has 0 aliphatic rings. The van der Waals surface area contributed by atoms with Gasteiger partial charge >= 0.3 is 0 Å². The third-order valence-corrected chi connectivity index (χ3v) is 2.30. The quantitative estimate of drug-likeness (QED) is 0.727. The van der Waals surface area contributed by atoms with Gasteiger partial charge in [0.05, 0.1) is 11.1 Å². The molecule has 0 radical (unpaired) electrons. The Morgan fingerprint density at radius 2 is 2.25 bits per heavy atom. The smallest absolute Gasteiger partial charge is 0.131 e. The molecule has 0 fully saturated rings. The molecule has 64 valence electrons. The summed E-state index contributed by atoms with van der Waals surface area (Å²) in [5.41, 5.74) is 0.264. The van der Waals surface area contributed by atoms with Gasteiger partial charge < -0.3 is 4.79 Å². The zero-order valence-corrected chi connectivity index (χ0v) is 8.63. The van der Waals surface area contributed by atoms with Crippen molar-refractivity contribution >= 4 is 22.2 Å². The van der Waals surface area contributed by atoms with E-state index in [2.05, 4.69) is 20.9 Å².